The summed E-state index contributed by atoms with van der Waals surface area (Å²) in [7, 11) is 1.77. The lowest BCUT2D eigenvalue weighted by molar-refractivity contribution is 0.0841. The molecule has 1 aromatic heterocycles. The Kier molecular flexibility index (Phi) is 3.67. The zero-order valence-corrected chi connectivity index (χ0v) is 9.59. The van der Waals surface area contributed by atoms with E-state index in [-0.39, 0.29) is 0 Å². The number of hydrogen-bond acceptors (Lipinski definition) is 3. The molecular weight excluding hydrogens is 214 g/mol. The van der Waals surface area contributed by atoms with Crippen LogP contribution >= 0.6 is 11.6 Å². The van der Waals surface area contributed by atoms with Crippen LogP contribution < -0.4 is 5.32 Å². The van der Waals surface area contributed by atoms with Crippen LogP contribution in [0.5, 0.6) is 0 Å². The van der Waals surface area contributed by atoms with Gasteiger partial charge in [0.25, 0.3) is 0 Å². The molecule has 15 heavy (non-hydrogen) atoms. The molecule has 2 rings (SSSR count). The summed E-state index contributed by atoms with van der Waals surface area (Å²) in [6.07, 6.45) is 3.89. The van der Waals surface area contributed by atoms with Crippen LogP contribution in [0.2, 0.25) is 5.22 Å². The van der Waals surface area contributed by atoms with Crippen LogP contribution in [0.3, 0.4) is 0 Å². The van der Waals surface area contributed by atoms with Crippen molar-refractivity contribution in [1.82, 2.24) is 5.32 Å². The zero-order chi connectivity index (χ0) is 10.7. The van der Waals surface area contributed by atoms with Crippen molar-refractivity contribution in [2.45, 2.75) is 38.0 Å². The zero-order valence-electron chi connectivity index (χ0n) is 8.83. The minimum atomic E-state index is 0.343. The summed E-state index contributed by atoms with van der Waals surface area (Å²) in [6, 6.07) is 4.10. The first-order valence-electron chi connectivity index (χ1n) is 5.30. The normalized spacial score (nSPS) is 26.0. The first kappa shape index (κ1) is 11.0. The smallest absolute Gasteiger partial charge is 0.193 e. The summed E-state index contributed by atoms with van der Waals surface area (Å²) in [5.41, 5.74) is 0. The molecule has 0 spiro atoms. The van der Waals surface area contributed by atoms with Gasteiger partial charge < -0.3 is 14.5 Å². The quantitative estimate of drug-likeness (QED) is 0.862. The maximum absolute atomic E-state index is 5.69. The minimum Gasteiger partial charge on any atom is -0.448 e. The maximum Gasteiger partial charge on any atom is 0.193 e. The standard InChI is InChI=1S/C11H16ClNO2/c1-14-10-4-2-3-9(10)13-7-8-5-6-11(12)15-8/h5-6,9-10,13H,2-4,7H2,1H3. The fourth-order valence-corrected chi connectivity index (χ4v) is 2.28. The monoisotopic (exact) mass is 229 g/mol. The molecule has 1 aliphatic carbocycles. The highest BCUT2D eigenvalue weighted by molar-refractivity contribution is 6.28. The van der Waals surface area contributed by atoms with E-state index in [1.54, 1.807) is 13.2 Å². The summed E-state index contributed by atoms with van der Waals surface area (Å²) < 4.78 is 10.7. The molecule has 84 valence electrons. The first-order valence-corrected chi connectivity index (χ1v) is 5.68. The van der Waals surface area contributed by atoms with Gasteiger partial charge in [-0.2, -0.15) is 0 Å². The Balaban J connectivity index is 1.82. The Labute approximate surface area is 94.7 Å². The molecule has 1 heterocycles. The van der Waals surface area contributed by atoms with E-state index in [0.29, 0.717) is 17.4 Å². The van der Waals surface area contributed by atoms with E-state index >= 15 is 0 Å². The lowest BCUT2D eigenvalue weighted by Crippen LogP contribution is -2.36. The van der Waals surface area contributed by atoms with Crippen molar-refractivity contribution in [2.24, 2.45) is 0 Å². The minimum absolute atomic E-state index is 0.343. The van der Waals surface area contributed by atoms with Crippen molar-refractivity contribution in [3.8, 4) is 0 Å². The van der Waals surface area contributed by atoms with E-state index < -0.39 is 0 Å². The lowest BCUT2D eigenvalue weighted by Gasteiger charge is -2.18. The van der Waals surface area contributed by atoms with E-state index in [9.17, 15) is 0 Å². The van der Waals surface area contributed by atoms with Crippen LogP contribution in [-0.2, 0) is 11.3 Å². The van der Waals surface area contributed by atoms with Crippen LogP contribution in [0.25, 0.3) is 0 Å². The number of hydrogen-bond donors (Lipinski definition) is 1. The fourth-order valence-electron chi connectivity index (χ4n) is 2.12. The average molecular weight is 230 g/mol. The summed E-state index contributed by atoms with van der Waals surface area (Å²) >= 11 is 5.69. The number of furan rings is 1. The van der Waals surface area contributed by atoms with Gasteiger partial charge in [0, 0.05) is 13.2 Å². The van der Waals surface area contributed by atoms with E-state index in [2.05, 4.69) is 5.32 Å². The highest BCUT2D eigenvalue weighted by atomic mass is 35.5. The molecule has 0 bridgehead atoms. The molecule has 2 unspecified atom stereocenters. The van der Waals surface area contributed by atoms with Crippen molar-refractivity contribution >= 4 is 11.6 Å². The predicted octanol–water partition coefficient (Wildman–Crippen LogP) is 2.59. The summed E-state index contributed by atoms with van der Waals surface area (Å²) in [4.78, 5) is 0. The maximum atomic E-state index is 5.69. The molecule has 0 radical (unpaired) electrons. The molecule has 1 saturated carbocycles. The highest BCUT2D eigenvalue weighted by Crippen LogP contribution is 2.22. The van der Waals surface area contributed by atoms with Crippen LogP contribution in [-0.4, -0.2) is 19.3 Å². The molecule has 0 aromatic carbocycles. The van der Waals surface area contributed by atoms with Crippen molar-refractivity contribution in [1.29, 1.82) is 0 Å². The highest BCUT2D eigenvalue weighted by Gasteiger charge is 2.26. The Morgan fingerprint density at radius 2 is 2.40 bits per heavy atom. The molecule has 4 heteroatoms. The number of rotatable bonds is 4. The third-order valence-corrected chi connectivity index (χ3v) is 3.13. The van der Waals surface area contributed by atoms with Gasteiger partial charge in [-0.1, -0.05) is 0 Å². The number of ether oxygens (including phenoxy) is 1. The van der Waals surface area contributed by atoms with Gasteiger partial charge in [0.05, 0.1) is 12.6 Å². The Morgan fingerprint density at radius 3 is 3.07 bits per heavy atom. The fraction of sp³-hybridized carbons (Fsp3) is 0.636. The van der Waals surface area contributed by atoms with Crippen LogP contribution in [0.15, 0.2) is 16.5 Å². The Hall–Kier alpha value is -0.510. The van der Waals surface area contributed by atoms with Crippen molar-refractivity contribution in [3.63, 3.8) is 0 Å². The molecule has 1 aliphatic rings. The summed E-state index contributed by atoms with van der Waals surface area (Å²) in [5.74, 6) is 0.877. The van der Waals surface area contributed by atoms with Crippen molar-refractivity contribution in [2.75, 3.05) is 7.11 Å². The second-order valence-corrected chi connectivity index (χ2v) is 4.27. The molecule has 1 aromatic rings. The molecule has 0 saturated heterocycles. The third-order valence-electron chi connectivity index (χ3n) is 2.92. The number of halogens is 1. The van der Waals surface area contributed by atoms with Gasteiger partial charge >= 0.3 is 0 Å². The molecule has 1 N–H and O–H groups in total. The first-order chi connectivity index (χ1) is 7.29. The summed E-state index contributed by atoms with van der Waals surface area (Å²) in [6.45, 7) is 0.719. The third kappa shape index (κ3) is 2.74. The van der Waals surface area contributed by atoms with E-state index in [1.807, 2.05) is 6.07 Å². The Bertz CT molecular complexity index is 313. The van der Waals surface area contributed by atoms with E-state index in [0.717, 1.165) is 18.7 Å². The summed E-state index contributed by atoms with van der Waals surface area (Å²) in [5, 5.41) is 3.88. The average Bonchev–Trinajstić information content (AvgIpc) is 2.83. The van der Waals surface area contributed by atoms with Gasteiger partial charge in [-0.3, -0.25) is 0 Å². The molecule has 1 fully saturated rings. The van der Waals surface area contributed by atoms with Crippen molar-refractivity contribution in [3.05, 3.63) is 23.1 Å². The van der Waals surface area contributed by atoms with Gasteiger partial charge in [-0.15, -0.1) is 0 Å². The Morgan fingerprint density at radius 1 is 1.53 bits per heavy atom. The largest absolute Gasteiger partial charge is 0.448 e. The van der Waals surface area contributed by atoms with Gasteiger partial charge in [0.2, 0.25) is 0 Å². The number of nitrogens with one attached hydrogen (secondary N) is 1. The lowest BCUT2D eigenvalue weighted by atomic mass is 10.2. The topological polar surface area (TPSA) is 34.4 Å². The molecule has 2 atom stereocenters. The van der Waals surface area contributed by atoms with Gasteiger partial charge in [-0.25, -0.2) is 0 Å². The molecule has 0 amide bonds. The van der Waals surface area contributed by atoms with Crippen molar-refractivity contribution < 1.29 is 9.15 Å². The van der Waals surface area contributed by atoms with Gasteiger partial charge in [0.15, 0.2) is 5.22 Å². The molecule has 3 nitrogen and oxygen atoms in total. The van der Waals surface area contributed by atoms with Gasteiger partial charge in [0.1, 0.15) is 5.76 Å². The SMILES string of the molecule is COC1CCCC1NCc1ccc(Cl)o1. The van der Waals surface area contributed by atoms with Crippen LogP contribution in [0, 0.1) is 0 Å². The molecular formula is C11H16ClNO2. The molecule has 0 aliphatic heterocycles. The van der Waals surface area contributed by atoms with E-state index in [4.69, 9.17) is 20.8 Å². The predicted molar refractivity (Wildman–Crippen MR) is 59.0 cm³/mol. The van der Waals surface area contributed by atoms with Crippen LogP contribution in [0.4, 0.5) is 0 Å². The second-order valence-electron chi connectivity index (χ2n) is 3.90. The van der Waals surface area contributed by atoms with Gasteiger partial charge in [-0.05, 0) is 43.0 Å². The van der Waals surface area contributed by atoms with E-state index in [1.165, 1.54) is 12.8 Å². The number of methoxy groups -OCH3 is 1. The second kappa shape index (κ2) is 5.01. The van der Waals surface area contributed by atoms with Crippen LogP contribution in [0.1, 0.15) is 25.0 Å².